The average Bonchev–Trinajstić information content (AvgIpc) is 2.89. The number of para-hydroxylation sites is 1. The molecule has 0 fully saturated rings. The van der Waals surface area contributed by atoms with Crippen LogP contribution in [0.2, 0.25) is 0 Å². The van der Waals surface area contributed by atoms with Crippen LogP contribution in [0.15, 0.2) is 48.5 Å². The normalized spacial score (nSPS) is 10.5. The molecule has 6 heteroatoms. The molecule has 0 aliphatic rings. The lowest BCUT2D eigenvalue weighted by molar-refractivity contribution is 0.270. The molecule has 3 rings (SSSR count). The van der Waals surface area contributed by atoms with Crippen LogP contribution in [-0.2, 0) is 6.61 Å². The molecule has 0 saturated carbocycles. The second-order valence-corrected chi connectivity index (χ2v) is 5.84. The van der Waals surface area contributed by atoms with Gasteiger partial charge < -0.3 is 10.1 Å². The number of ether oxygens (including phenoxy) is 1. The van der Waals surface area contributed by atoms with Gasteiger partial charge in [-0.1, -0.05) is 24.8 Å². The summed E-state index contributed by atoms with van der Waals surface area (Å²) in [5.74, 6) is 0.728. The summed E-state index contributed by atoms with van der Waals surface area (Å²) in [6.45, 7) is 0.428. The number of anilines is 1. The van der Waals surface area contributed by atoms with Crippen molar-refractivity contribution in [3.05, 3.63) is 53.5 Å². The second kappa shape index (κ2) is 6.15. The van der Waals surface area contributed by atoms with Gasteiger partial charge >= 0.3 is 0 Å². The van der Waals surface area contributed by atoms with Crippen LogP contribution < -0.4 is 10.1 Å². The molecular formula is C15H12N2O2S2. The number of carbonyl (C=O) groups is 1. The molecule has 21 heavy (non-hydrogen) atoms. The van der Waals surface area contributed by atoms with Crippen LogP contribution in [-0.4, -0.2) is 10.2 Å². The Morgan fingerprint density at radius 1 is 1.19 bits per heavy atom. The first-order valence-electron chi connectivity index (χ1n) is 6.28. The van der Waals surface area contributed by atoms with Gasteiger partial charge in [0.2, 0.25) is 0 Å². The van der Waals surface area contributed by atoms with E-state index in [0.717, 1.165) is 21.0 Å². The zero-order valence-corrected chi connectivity index (χ0v) is 12.7. The number of aromatic nitrogens is 1. The summed E-state index contributed by atoms with van der Waals surface area (Å²) in [4.78, 5) is 15.3. The summed E-state index contributed by atoms with van der Waals surface area (Å²) in [5.41, 5.74) is 1.68. The topological polar surface area (TPSA) is 51.2 Å². The highest BCUT2D eigenvalue weighted by molar-refractivity contribution is 7.96. The Hall–Kier alpha value is -2.05. The minimum Gasteiger partial charge on any atom is -0.486 e. The molecule has 0 unspecified atom stereocenters. The van der Waals surface area contributed by atoms with E-state index in [9.17, 15) is 4.79 Å². The number of thiol groups is 1. The molecule has 0 spiro atoms. The number of rotatable bonds is 4. The number of amides is 1. The van der Waals surface area contributed by atoms with Gasteiger partial charge in [0.15, 0.2) is 0 Å². The number of benzene rings is 2. The van der Waals surface area contributed by atoms with Crippen LogP contribution in [0.5, 0.6) is 5.75 Å². The maximum atomic E-state index is 10.8. The number of thiazole rings is 1. The van der Waals surface area contributed by atoms with Crippen LogP contribution in [0.25, 0.3) is 10.2 Å². The number of fused-ring (bicyclic) bond motifs is 1. The van der Waals surface area contributed by atoms with Crippen molar-refractivity contribution in [3.8, 4) is 5.75 Å². The summed E-state index contributed by atoms with van der Waals surface area (Å²) in [5, 5.41) is 3.13. The van der Waals surface area contributed by atoms with Crippen molar-refractivity contribution in [1.82, 2.24) is 4.98 Å². The molecule has 106 valence electrons. The standard InChI is InChI=1S/C15H12N2O2S2/c18-15(20)16-10-5-7-11(8-6-10)19-9-14-17-12-3-1-2-4-13(12)21-14/h1-8H,9H2,(H2,16,18,20). The summed E-state index contributed by atoms with van der Waals surface area (Å²) >= 11 is 5.29. The number of nitrogens with zero attached hydrogens (tertiary/aromatic N) is 1. The first-order valence-corrected chi connectivity index (χ1v) is 7.54. The molecule has 0 bridgehead atoms. The summed E-state index contributed by atoms with van der Waals surface area (Å²) < 4.78 is 6.85. The van der Waals surface area contributed by atoms with Crippen molar-refractivity contribution in [2.75, 3.05) is 5.32 Å². The molecule has 0 atom stereocenters. The van der Waals surface area contributed by atoms with Gasteiger partial charge in [-0.3, -0.25) is 4.79 Å². The van der Waals surface area contributed by atoms with Gasteiger partial charge in [-0.05, 0) is 36.4 Å². The molecule has 3 aromatic rings. The highest BCUT2D eigenvalue weighted by Gasteiger charge is 2.04. The Labute approximate surface area is 131 Å². The largest absolute Gasteiger partial charge is 0.486 e. The molecule has 1 N–H and O–H groups in total. The van der Waals surface area contributed by atoms with Crippen molar-refractivity contribution in [1.29, 1.82) is 0 Å². The quantitative estimate of drug-likeness (QED) is 0.704. The lowest BCUT2D eigenvalue weighted by Gasteiger charge is -2.05. The van der Waals surface area contributed by atoms with Crippen molar-refractivity contribution in [2.45, 2.75) is 6.61 Å². The average molecular weight is 316 g/mol. The predicted octanol–water partition coefficient (Wildman–Crippen LogP) is 4.34. The minimum atomic E-state index is -0.391. The first-order chi connectivity index (χ1) is 10.2. The number of hydrogen-bond acceptors (Lipinski definition) is 4. The maximum Gasteiger partial charge on any atom is 0.280 e. The van der Waals surface area contributed by atoms with E-state index in [1.165, 1.54) is 0 Å². The number of hydrogen-bond donors (Lipinski definition) is 2. The van der Waals surface area contributed by atoms with E-state index >= 15 is 0 Å². The smallest absolute Gasteiger partial charge is 0.280 e. The molecule has 1 heterocycles. The van der Waals surface area contributed by atoms with E-state index < -0.39 is 5.24 Å². The molecule has 0 aliphatic heterocycles. The van der Waals surface area contributed by atoms with Gasteiger partial charge in [-0.15, -0.1) is 11.3 Å². The van der Waals surface area contributed by atoms with Crippen LogP contribution in [0.3, 0.4) is 0 Å². The molecule has 2 aromatic carbocycles. The van der Waals surface area contributed by atoms with Crippen LogP contribution in [0.4, 0.5) is 10.5 Å². The zero-order valence-electron chi connectivity index (χ0n) is 10.9. The van der Waals surface area contributed by atoms with Gasteiger partial charge in [0, 0.05) is 5.69 Å². The maximum absolute atomic E-state index is 10.8. The number of carbonyl (C=O) groups excluding carboxylic acids is 1. The van der Waals surface area contributed by atoms with Crippen molar-refractivity contribution < 1.29 is 9.53 Å². The lowest BCUT2D eigenvalue weighted by Crippen LogP contribution is -2.01. The van der Waals surface area contributed by atoms with Gasteiger partial charge in [0.05, 0.1) is 10.2 Å². The van der Waals surface area contributed by atoms with E-state index in [4.69, 9.17) is 4.74 Å². The monoisotopic (exact) mass is 316 g/mol. The second-order valence-electron chi connectivity index (χ2n) is 4.32. The lowest BCUT2D eigenvalue weighted by atomic mass is 10.3. The fourth-order valence-electron chi connectivity index (χ4n) is 1.88. The fourth-order valence-corrected chi connectivity index (χ4v) is 2.89. The van der Waals surface area contributed by atoms with Crippen molar-refractivity contribution in [3.63, 3.8) is 0 Å². The highest BCUT2D eigenvalue weighted by Crippen LogP contribution is 2.23. The van der Waals surface area contributed by atoms with E-state index in [0.29, 0.717) is 12.3 Å². The van der Waals surface area contributed by atoms with Gasteiger partial charge in [0.1, 0.15) is 17.4 Å². The van der Waals surface area contributed by atoms with Crippen molar-refractivity contribution >= 4 is 45.1 Å². The van der Waals surface area contributed by atoms with Crippen LogP contribution in [0.1, 0.15) is 5.01 Å². The van der Waals surface area contributed by atoms with E-state index in [1.54, 1.807) is 35.6 Å². The minimum absolute atomic E-state index is 0.391. The van der Waals surface area contributed by atoms with Crippen LogP contribution in [0, 0.1) is 0 Å². The predicted molar refractivity (Wildman–Crippen MR) is 88.4 cm³/mol. The molecule has 4 nitrogen and oxygen atoms in total. The molecule has 0 radical (unpaired) electrons. The van der Waals surface area contributed by atoms with Crippen LogP contribution >= 0.6 is 24.0 Å². The zero-order chi connectivity index (χ0) is 14.7. The Morgan fingerprint density at radius 3 is 2.67 bits per heavy atom. The third-order valence-corrected chi connectivity index (χ3v) is 3.93. The summed E-state index contributed by atoms with van der Waals surface area (Å²) in [7, 11) is 0. The molecule has 0 saturated heterocycles. The Morgan fingerprint density at radius 2 is 1.95 bits per heavy atom. The van der Waals surface area contributed by atoms with E-state index in [1.807, 2.05) is 24.3 Å². The van der Waals surface area contributed by atoms with Crippen molar-refractivity contribution in [2.24, 2.45) is 0 Å². The van der Waals surface area contributed by atoms with E-state index in [-0.39, 0.29) is 0 Å². The summed E-state index contributed by atoms with van der Waals surface area (Å²) in [6, 6.07) is 15.1. The molecular weight excluding hydrogens is 304 g/mol. The Bertz CT molecular complexity index is 736. The van der Waals surface area contributed by atoms with E-state index in [2.05, 4.69) is 22.9 Å². The Kier molecular flexibility index (Phi) is 4.08. The fraction of sp³-hybridized carbons (Fsp3) is 0.0667. The third-order valence-electron chi connectivity index (χ3n) is 2.81. The van der Waals surface area contributed by atoms with Gasteiger partial charge in [-0.2, -0.15) is 0 Å². The third kappa shape index (κ3) is 3.53. The van der Waals surface area contributed by atoms with Gasteiger partial charge in [-0.25, -0.2) is 4.98 Å². The molecule has 1 amide bonds. The molecule has 1 aromatic heterocycles. The van der Waals surface area contributed by atoms with Gasteiger partial charge in [0.25, 0.3) is 5.24 Å². The SMILES string of the molecule is O=C(S)Nc1ccc(OCc2nc3ccccc3s2)cc1. The molecule has 0 aliphatic carbocycles. The number of nitrogens with one attached hydrogen (secondary N) is 1. The first kappa shape index (κ1) is 13.9. The highest BCUT2D eigenvalue weighted by atomic mass is 32.1. The Balaban J connectivity index is 1.65. The summed E-state index contributed by atoms with van der Waals surface area (Å²) in [6.07, 6.45) is 0.